The van der Waals surface area contributed by atoms with Crippen LogP contribution in [0.25, 0.3) is 11.3 Å². The van der Waals surface area contributed by atoms with Crippen molar-refractivity contribution in [3.8, 4) is 17.0 Å². The lowest BCUT2D eigenvalue weighted by molar-refractivity contribution is -0.0602. The minimum absolute atomic E-state index is 0.118. The first kappa shape index (κ1) is 21.8. The number of carbonyl (C=O) groups excluding carboxylic acids is 1. The molecule has 0 saturated heterocycles. The summed E-state index contributed by atoms with van der Waals surface area (Å²) in [5.74, 6) is -0.0419. The summed E-state index contributed by atoms with van der Waals surface area (Å²) in [5.41, 5.74) is 2.53. The van der Waals surface area contributed by atoms with Crippen LogP contribution < -0.4 is 10.2 Å². The average Bonchev–Trinajstić information content (AvgIpc) is 3.19. The van der Waals surface area contributed by atoms with Crippen molar-refractivity contribution in [2.24, 2.45) is 5.10 Å². The fourth-order valence-electron chi connectivity index (χ4n) is 2.43. The second-order valence-corrected chi connectivity index (χ2v) is 7.34. The van der Waals surface area contributed by atoms with E-state index >= 15 is 0 Å². The highest BCUT2D eigenvalue weighted by molar-refractivity contribution is 7.14. The Morgan fingerprint density at radius 1 is 1.17 bits per heavy atom. The number of ketones is 1. The van der Waals surface area contributed by atoms with Crippen LogP contribution in [0.5, 0.6) is 5.75 Å². The first-order valence-corrected chi connectivity index (χ1v) is 9.80. The maximum atomic E-state index is 13.3. The molecule has 3 aromatic rings. The molecule has 30 heavy (non-hydrogen) atoms. The van der Waals surface area contributed by atoms with E-state index in [4.69, 9.17) is 16.3 Å². The summed E-state index contributed by atoms with van der Waals surface area (Å²) in [6, 6.07) is 12.7. The lowest BCUT2D eigenvalue weighted by atomic mass is 10.1. The number of anilines is 1. The monoisotopic (exact) mass is 453 g/mol. The van der Waals surface area contributed by atoms with Gasteiger partial charge in [-0.05, 0) is 48.5 Å². The fourth-order valence-corrected chi connectivity index (χ4v) is 3.22. The molecule has 0 aliphatic rings. The van der Waals surface area contributed by atoms with Crippen LogP contribution in [0.15, 0.2) is 59.0 Å². The molecule has 0 radical (unpaired) electrons. The fraction of sp³-hybridized carbons (Fsp3) is 0.150. The Morgan fingerprint density at radius 2 is 1.83 bits per heavy atom. The number of benzene rings is 2. The van der Waals surface area contributed by atoms with Gasteiger partial charge in [-0.15, -0.1) is 11.3 Å². The normalized spacial score (nSPS) is 12.0. The van der Waals surface area contributed by atoms with E-state index < -0.39 is 24.1 Å². The van der Waals surface area contributed by atoms with Crippen LogP contribution in [0.4, 0.5) is 18.3 Å². The maximum absolute atomic E-state index is 13.3. The Morgan fingerprint density at radius 3 is 2.43 bits per heavy atom. The van der Waals surface area contributed by atoms with Crippen molar-refractivity contribution in [3.05, 3.63) is 64.5 Å². The third kappa shape index (κ3) is 5.58. The van der Waals surface area contributed by atoms with Gasteiger partial charge in [0.15, 0.2) is 5.78 Å². The second-order valence-electron chi connectivity index (χ2n) is 6.04. The van der Waals surface area contributed by atoms with E-state index in [-0.39, 0.29) is 10.7 Å². The number of hydrazone groups is 1. The first-order valence-electron chi connectivity index (χ1n) is 8.55. The van der Waals surface area contributed by atoms with E-state index in [2.05, 4.69) is 15.5 Å². The third-order valence-electron chi connectivity index (χ3n) is 4.00. The highest BCUT2D eigenvalue weighted by Crippen LogP contribution is 2.27. The summed E-state index contributed by atoms with van der Waals surface area (Å²) in [7, 11) is 1.55. The molecule has 1 heterocycles. The third-order valence-corrected chi connectivity index (χ3v) is 5.00. The highest BCUT2D eigenvalue weighted by Gasteiger charge is 2.37. The molecule has 0 aliphatic heterocycles. The number of hydrogen-bond donors (Lipinski definition) is 1. The largest absolute Gasteiger partial charge is 0.497 e. The Kier molecular flexibility index (Phi) is 6.73. The molecule has 0 saturated carbocycles. The van der Waals surface area contributed by atoms with Gasteiger partial charge in [-0.2, -0.15) is 18.3 Å². The van der Waals surface area contributed by atoms with Gasteiger partial charge in [0.25, 0.3) is 0 Å². The number of rotatable bonds is 7. The molecule has 0 unspecified atom stereocenters. The lowest BCUT2D eigenvalue weighted by Gasteiger charge is -2.10. The van der Waals surface area contributed by atoms with Crippen LogP contribution in [0, 0.1) is 0 Å². The van der Waals surface area contributed by atoms with Gasteiger partial charge >= 0.3 is 6.18 Å². The van der Waals surface area contributed by atoms with E-state index in [0.29, 0.717) is 16.5 Å². The van der Waals surface area contributed by atoms with E-state index in [1.807, 2.05) is 0 Å². The van der Waals surface area contributed by atoms with Crippen LogP contribution in [0.1, 0.15) is 16.8 Å². The molecule has 5 nitrogen and oxygen atoms in total. The number of aromatic nitrogens is 1. The summed E-state index contributed by atoms with van der Waals surface area (Å²) < 4.78 is 45.1. The molecule has 0 aliphatic carbocycles. The van der Waals surface area contributed by atoms with Crippen molar-refractivity contribution < 1.29 is 22.7 Å². The predicted octanol–water partition coefficient (Wildman–Crippen LogP) is 6.08. The van der Waals surface area contributed by atoms with Crippen LogP contribution in [-0.4, -0.2) is 29.8 Å². The molecule has 0 atom stereocenters. The summed E-state index contributed by atoms with van der Waals surface area (Å²) in [5, 5.41) is 5.64. The number of Topliss-reactive ketones (excluding diaryl/α,β-unsaturated/α-hetero) is 1. The van der Waals surface area contributed by atoms with E-state index in [1.54, 1.807) is 36.8 Å². The van der Waals surface area contributed by atoms with Crippen molar-refractivity contribution >= 4 is 39.6 Å². The van der Waals surface area contributed by atoms with Gasteiger partial charge < -0.3 is 4.74 Å². The number of methoxy groups -OCH3 is 1. The van der Waals surface area contributed by atoms with Gasteiger partial charge in [0.1, 0.15) is 11.5 Å². The smallest absolute Gasteiger partial charge is 0.431 e. The van der Waals surface area contributed by atoms with Crippen LogP contribution >= 0.6 is 22.9 Å². The molecule has 0 fully saturated rings. The molecule has 156 valence electrons. The van der Waals surface area contributed by atoms with Gasteiger partial charge in [0.05, 0.1) is 19.2 Å². The topological polar surface area (TPSA) is 63.6 Å². The number of nitrogens with one attached hydrogen (secondary N) is 1. The molecular formula is C20H15ClF3N3O2S. The first-order chi connectivity index (χ1) is 14.3. The molecule has 1 N–H and O–H groups in total. The summed E-state index contributed by atoms with van der Waals surface area (Å²) in [4.78, 5) is 16.4. The Bertz CT molecular complexity index is 1050. The molecule has 0 spiro atoms. The second kappa shape index (κ2) is 9.27. The van der Waals surface area contributed by atoms with E-state index in [1.165, 1.54) is 24.3 Å². The van der Waals surface area contributed by atoms with Crippen LogP contribution in [0.2, 0.25) is 5.02 Å². The van der Waals surface area contributed by atoms with Gasteiger partial charge in [0, 0.05) is 21.5 Å². The molecule has 2 aromatic carbocycles. The quantitative estimate of drug-likeness (QED) is 0.268. The molecule has 1 aromatic heterocycles. The molecule has 3 rings (SSSR count). The number of nitrogens with zero attached hydrogens (tertiary/aromatic N) is 2. The lowest BCUT2D eigenvalue weighted by Crippen LogP contribution is -2.27. The van der Waals surface area contributed by atoms with Crippen LogP contribution in [0.3, 0.4) is 0 Å². The Labute approximate surface area is 179 Å². The van der Waals surface area contributed by atoms with E-state index in [0.717, 1.165) is 16.9 Å². The number of halogens is 4. The number of alkyl halides is 3. The molecule has 10 heteroatoms. The van der Waals surface area contributed by atoms with Gasteiger partial charge in [-0.3, -0.25) is 10.2 Å². The van der Waals surface area contributed by atoms with Crippen molar-refractivity contribution in [3.63, 3.8) is 0 Å². The minimum atomic E-state index is -4.77. The Hall–Kier alpha value is -2.91. The van der Waals surface area contributed by atoms with Crippen molar-refractivity contribution in [2.75, 3.05) is 12.5 Å². The average molecular weight is 454 g/mol. The minimum Gasteiger partial charge on any atom is -0.497 e. The SMILES string of the molecule is COc1ccc(-c2csc(N/N=C(/CC(=O)c3ccc(Cl)cc3)C(F)(F)F)n2)cc1. The van der Waals surface area contributed by atoms with Gasteiger partial charge in [-0.1, -0.05) is 11.6 Å². The van der Waals surface area contributed by atoms with Crippen molar-refractivity contribution in [2.45, 2.75) is 12.6 Å². The number of thiazole rings is 1. The van der Waals surface area contributed by atoms with Crippen LogP contribution in [-0.2, 0) is 0 Å². The summed E-state index contributed by atoms with van der Waals surface area (Å²) in [6.45, 7) is 0. The van der Waals surface area contributed by atoms with Crippen molar-refractivity contribution in [1.29, 1.82) is 0 Å². The summed E-state index contributed by atoms with van der Waals surface area (Å²) in [6.07, 6.45) is -5.68. The van der Waals surface area contributed by atoms with Gasteiger partial charge in [0.2, 0.25) is 5.13 Å². The molecular weight excluding hydrogens is 439 g/mol. The molecule has 0 bridgehead atoms. The zero-order valence-electron chi connectivity index (χ0n) is 15.5. The standard InChI is InChI=1S/C20H15ClF3N3O2S/c1-29-15-8-4-12(5-9-15)16-11-30-19(25-16)27-26-18(20(22,23)24)10-17(28)13-2-6-14(21)7-3-13/h2-9,11H,10H2,1H3,(H,25,27)/b26-18-. The number of ether oxygens (including phenoxy) is 1. The zero-order chi connectivity index (χ0) is 21.7. The van der Waals surface area contributed by atoms with E-state index in [9.17, 15) is 18.0 Å². The zero-order valence-corrected chi connectivity index (χ0v) is 17.1. The van der Waals surface area contributed by atoms with Gasteiger partial charge in [-0.25, -0.2) is 4.98 Å². The Balaban J connectivity index is 1.74. The highest BCUT2D eigenvalue weighted by atomic mass is 35.5. The molecule has 0 amide bonds. The predicted molar refractivity (Wildman–Crippen MR) is 112 cm³/mol. The maximum Gasteiger partial charge on any atom is 0.431 e. The summed E-state index contributed by atoms with van der Waals surface area (Å²) >= 11 is 6.83. The number of hydrogen-bond acceptors (Lipinski definition) is 6. The number of carbonyl (C=O) groups is 1. The van der Waals surface area contributed by atoms with Crippen molar-refractivity contribution in [1.82, 2.24) is 4.98 Å².